The van der Waals surface area contributed by atoms with E-state index in [0.717, 1.165) is 37.1 Å². The van der Waals surface area contributed by atoms with Crippen LogP contribution in [0.4, 0.5) is 11.4 Å². The number of anilines is 2. The van der Waals surface area contributed by atoms with Gasteiger partial charge in [-0.15, -0.1) is 0 Å². The highest BCUT2D eigenvalue weighted by Gasteiger charge is 2.19. The minimum absolute atomic E-state index is 1.04. The number of hydrogen-bond donors (Lipinski definition) is 0. The summed E-state index contributed by atoms with van der Waals surface area (Å²) in [5.41, 5.74) is 14.9. The van der Waals surface area contributed by atoms with E-state index >= 15 is 0 Å². The van der Waals surface area contributed by atoms with Gasteiger partial charge in [0.2, 0.25) is 0 Å². The molecule has 0 fully saturated rings. The second-order valence-corrected chi connectivity index (χ2v) is 14.9. The molecule has 8 aromatic rings. The van der Waals surface area contributed by atoms with E-state index in [0.29, 0.717) is 0 Å². The molecule has 0 saturated heterocycles. The van der Waals surface area contributed by atoms with Crippen LogP contribution in [0.15, 0.2) is 163 Å². The number of benzene rings is 7. The number of aromatic nitrogens is 1. The van der Waals surface area contributed by atoms with E-state index in [-0.39, 0.29) is 0 Å². The Hall–Kier alpha value is -6.38. The third-order valence-electron chi connectivity index (χ3n) is 11.3. The number of nitrogens with zero attached hydrogens (tertiary/aromatic N) is 2. The van der Waals surface area contributed by atoms with E-state index in [1.807, 2.05) is 0 Å². The van der Waals surface area contributed by atoms with E-state index in [9.17, 15) is 0 Å². The highest BCUT2D eigenvalue weighted by molar-refractivity contribution is 6.10. The van der Waals surface area contributed by atoms with Crippen LogP contribution in [0.1, 0.15) is 36.8 Å². The van der Waals surface area contributed by atoms with Gasteiger partial charge < -0.3 is 9.47 Å². The fraction of sp³-hybridized carbons (Fsp3) is 0.115. The summed E-state index contributed by atoms with van der Waals surface area (Å²) in [6.07, 6.45) is 16.1. The molecule has 0 radical (unpaired) electrons. The van der Waals surface area contributed by atoms with Crippen molar-refractivity contribution in [2.75, 3.05) is 4.90 Å². The molecule has 2 nitrogen and oxygen atoms in total. The SMILES string of the molecule is Cc1ccc2c(c1)c1cc(C)ccc1n2-c1ccc(N(C2=CCCC=C2)c2ccc(-c3c4c(c(-c5ccccc5)c5ccccc35)=CCCC=4)cc2)cc1. The first-order valence-corrected chi connectivity index (χ1v) is 19.3. The van der Waals surface area contributed by atoms with E-state index < -0.39 is 0 Å². The van der Waals surface area contributed by atoms with Crippen LogP contribution < -0.4 is 15.3 Å². The first kappa shape index (κ1) is 32.3. The predicted molar refractivity (Wildman–Crippen MR) is 231 cm³/mol. The lowest BCUT2D eigenvalue weighted by Crippen LogP contribution is -2.31. The van der Waals surface area contributed by atoms with Crippen molar-refractivity contribution in [2.45, 2.75) is 39.5 Å². The molecule has 2 aliphatic carbocycles. The van der Waals surface area contributed by atoms with Gasteiger partial charge in [0.05, 0.1) is 11.0 Å². The summed E-state index contributed by atoms with van der Waals surface area (Å²) in [5.74, 6) is 0. The summed E-state index contributed by atoms with van der Waals surface area (Å²) >= 11 is 0. The Balaban J connectivity index is 1.09. The van der Waals surface area contributed by atoms with Crippen molar-refractivity contribution in [1.82, 2.24) is 4.57 Å². The van der Waals surface area contributed by atoms with E-state index in [2.05, 4.69) is 193 Å². The Labute approximate surface area is 316 Å². The van der Waals surface area contributed by atoms with Gasteiger partial charge >= 0.3 is 0 Å². The van der Waals surface area contributed by atoms with Gasteiger partial charge in [0, 0.05) is 33.5 Å². The van der Waals surface area contributed by atoms with E-state index in [1.165, 1.54) is 87.8 Å². The molecule has 0 bridgehead atoms. The lowest BCUT2D eigenvalue weighted by molar-refractivity contribution is 0.997. The molecule has 0 amide bonds. The van der Waals surface area contributed by atoms with Gasteiger partial charge in [-0.05, 0) is 150 Å². The number of allylic oxidation sites excluding steroid dienone is 3. The summed E-state index contributed by atoms with van der Waals surface area (Å²) in [7, 11) is 0. The van der Waals surface area contributed by atoms with Crippen molar-refractivity contribution < 1.29 is 0 Å². The Morgan fingerprint density at radius 3 is 1.54 bits per heavy atom. The molecule has 7 aromatic carbocycles. The summed E-state index contributed by atoms with van der Waals surface area (Å²) in [6, 6.07) is 51.9. The molecule has 1 aromatic heterocycles. The molecule has 2 heteroatoms. The number of hydrogen-bond acceptors (Lipinski definition) is 1. The minimum Gasteiger partial charge on any atom is -0.311 e. The smallest absolute Gasteiger partial charge is 0.0541 e. The fourth-order valence-corrected chi connectivity index (χ4v) is 8.85. The monoisotopic (exact) mass is 694 g/mol. The van der Waals surface area contributed by atoms with Crippen LogP contribution >= 0.6 is 0 Å². The van der Waals surface area contributed by atoms with Gasteiger partial charge in [0.25, 0.3) is 0 Å². The third-order valence-corrected chi connectivity index (χ3v) is 11.3. The standard InChI is InChI=1S/C52H42N2/c1-35-21-31-49-47(33-35)48-34-36(2)22-32-50(48)54(49)42-29-27-41(28-30-42)53(39-15-7-4-8-16-39)40-25-23-38(24-26-40)52-45-19-11-9-17-43(45)51(37-13-5-3-6-14-37)44-18-10-12-20-46(44)52/h3,5-7,9,11,13-34H,4,8,10,12H2,1-2H3. The summed E-state index contributed by atoms with van der Waals surface area (Å²) < 4.78 is 2.41. The lowest BCUT2D eigenvalue weighted by atomic mass is 9.86. The van der Waals surface area contributed by atoms with Gasteiger partial charge in [-0.25, -0.2) is 0 Å². The molecule has 10 rings (SSSR count). The summed E-state index contributed by atoms with van der Waals surface area (Å²) in [6.45, 7) is 4.36. The summed E-state index contributed by atoms with van der Waals surface area (Å²) in [4.78, 5) is 2.41. The van der Waals surface area contributed by atoms with Crippen LogP contribution in [0.5, 0.6) is 0 Å². The number of fused-ring (bicyclic) bond motifs is 5. The molecule has 260 valence electrons. The van der Waals surface area contributed by atoms with Crippen LogP contribution in [-0.4, -0.2) is 4.57 Å². The highest BCUT2D eigenvalue weighted by atomic mass is 15.1. The van der Waals surface area contributed by atoms with Crippen molar-refractivity contribution in [2.24, 2.45) is 0 Å². The molecule has 2 aliphatic rings. The molecular formula is C52H42N2. The topological polar surface area (TPSA) is 8.17 Å². The van der Waals surface area contributed by atoms with Crippen molar-refractivity contribution in [3.63, 3.8) is 0 Å². The Kier molecular flexibility index (Phi) is 7.91. The molecule has 0 N–H and O–H groups in total. The molecule has 0 atom stereocenters. The van der Waals surface area contributed by atoms with Crippen molar-refractivity contribution in [1.29, 1.82) is 0 Å². The lowest BCUT2D eigenvalue weighted by Gasteiger charge is -2.28. The van der Waals surface area contributed by atoms with Gasteiger partial charge in [-0.1, -0.05) is 114 Å². The zero-order chi connectivity index (χ0) is 36.2. The van der Waals surface area contributed by atoms with E-state index in [4.69, 9.17) is 0 Å². The van der Waals surface area contributed by atoms with Crippen LogP contribution in [0.2, 0.25) is 0 Å². The van der Waals surface area contributed by atoms with Crippen molar-refractivity contribution in [3.8, 4) is 27.9 Å². The molecule has 0 spiro atoms. The average Bonchev–Trinajstić information content (AvgIpc) is 3.53. The first-order valence-electron chi connectivity index (χ1n) is 19.3. The maximum atomic E-state index is 2.46. The van der Waals surface area contributed by atoms with Crippen LogP contribution in [-0.2, 0) is 0 Å². The van der Waals surface area contributed by atoms with Crippen LogP contribution in [0, 0.1) is 13.8 Å². The second-order valence-electron chi connectivity index (χ2n) is 14.9. The second kappa shape index (κ2) is 13.2. The predicted octanol–water partition coefficient (Wildman–Crippen LogP) is 12.6. The maximum Gasteiger partial charge on any atom is 0.0541 e. The molecule has 0 unspecified atom stereocenters. The van der Waals surface area contributed by atoms with Gasteiger partial charge in [-0.2, -0.15) is 0 Å². The zero-order valence-corrected chi connectivity index (χ0v) is 30.9. The first-order chi connectivity index (χ1) is 26.6. The van der Waals surface area contributed by atoms with Crippen molar-refractivity contribution >= 4 is 56.1 Å². The number of aryl methyl sites for hydroxylation is 2. The van der Waals surface area contributed by atoms with Crippen molar-refractivity contribution in [3.05, 3.63) is 185 Å². The fourth-order valence-electron chi connectivity index (χ4n) is 8.85. The molecular weight excluding hydrogens is 653 g/mol. The van der Waals surface area contributed by atoms with Gasteiger partial charge in [0.15, 0.2) is 0 Å². The number of rotatable bonds is 6. The van der Waals surface area contributed by atoms with Gasteiger partial charge in [0.1, 0.15) is 0 Å². The molecule has 0 saturated carbocycles. The highest BCUT2D eigenvalue weighted by Crippen LogP contribution is 2.38. The average molecular weight is 695 g/mol. The maximum absolute atomic E-state index is 2.46. The molecule has 0 aliphatic heterocycles. The molecule has 1 heterocycles. The third kappa shape index (κ3) is 5.41. The normalized spacial score (nSPS) is 13.8. The van der Waals surface area contributed by atoms with E-state index in [1.54, 1.807) is 0 Å². The van der Waals surface area contributed by atoms with Crippen LogP contribution in [0.3, 0.4) is 0 Å². The summed E-state index contributed by atoms with van der Waals surface area (Å²) in [5, 5.41) is 7.92. The Bertz CT molecular complexity index is 2860. The Morgan fingerprint density at radius 2 is 0.981 bits per heavy atom. The van der Waals surface area contributed by atoms with Gasteiger partial charge in [-0.3, -0.25) is 0 Å². The quantitative estimate of drug-likeness (QED) is 0.168. The van der Waals surface area contributed by atoms with Crippen LogP contribution in [0.25, 0.3) is 72.7 Å². The largest absolute Gasteiger partial charge is 0.311 e. The molecule has 54 heavy (non-hydrogen) atoms. The minimum atomic E-state index is 1.04. The Morgan fingerprint density at radius 1 is 0.463 bits per heavy atom. The zero-order valence-electron chi connectivity index (χ0n) is 30.9.